The highest BCUT2D eigenvalue weighted by Crippen LogP contribution is 2.21. The third-order valence-electron chi connectivity index (χ3n) is 2.28. The molecular formula is C10H12BrN3. The highest BCUT2D eigenvalue weighted by Gasteiger charge is 2.10. The van der Waals surface area contributed by atoms with E-state index < -0.39 is 0 Å². The van der Waals surface area contributed by atoms with E-state index in [9.17, 15) is 0 Å². The molecule has 3 nitrogen and oxygen atoms in total. The van der Waals surface area contributed by atoms with Crippen LogP contribution in [-0.2, 0) is 7.05 Å². The molecule has 0 aliphatic rings. The first-order valence-electron chi connectivity index (χ1n) is 4.47. The first-order chi connectivity index (χ1) is 6.59. The Bertz CT molecular complexity index is 473. The van der Waals surface area contributed by atoms with Crippen molar-refractivity contribution in [2.75, 3.05) is 0 Å². The van der Waals surface area contributed by atoms with Crippen molar-refractivity contribution in [3.8, 4) is 0 Å². The van der Waals surface area contributed by atoms with Crippen LogP contribution in [0.25, 0.3) is 11.0 Å². The number of nitrogens with zero attached hydrogens (tertiary/aromatic N) is 2. The second kappa shape index (κ2) is 3.37. The summed E-state index contributed by atoms with van der Waals surface area (Å²) in [5.41, 5.74) is 7.91. The fourth-order valence-corrected chi connectivity index (χ4v) is 1.95. The Kier molecular flexibility index (Phi) is 2.33. The van der Waals surface area contributed by atoms with Crippen LogP contribution < -0.4 is 5.73 Å². The first-order valence-corrected chi connectivity index (χ1v) is 5.26. The maximum Gasteiger partial charge on any atom is 0.126 e. The second-order valence-electron chi connectivity index (χ2n) is 3.45. The molecule has 0 amide bonds. The van der Waals surface area contributed by atoms with E-state index in [1.54, 1.807) is 0 Å². The zero-order valence-electron chi connectivity index (χ0n) is 8.16. The lowest BCUT2D eigenvalue weighted by Crippen LogP contribution is -2.11. The second-order valence-corrected chi connectivity index (χ2v) is 4.37. The number of halogens is 1. The molecule has 0 spiro atoms. The molecule has 0 saturated heterocycles. The molecule has 14 heavy (non-hydrogen) atoms. The predicted octanol–water partition coefficient (Wildman–Crippen LogP) is 2.36. The van der Waals surface area contributed by atoms with Crippen molar-refractivity contribution < 1.29 is 0 Å². The topological polar surface area (TPSA) is 43.8 Å². The fraction of sp³-hybridized carbons (Fsp3) is 0.300. The molecule has 2 N–H and O–H groups in total. The van der Waals surface area contributed by atoms with Gasteiger partial charge in [-0.1, -0.05) is 15.9 Å². The van der Waals surface area contributed by atoms with E-state index in [0.717, 1.165) is 21.3 Å². The van der Waals surface area contributed by atoms with Crippen molar-refractivity contribution in [1.29, 1.82) is 0 Å². The molecule has 2 rings (SSSR count). The Morgan fingerprint density at radius 2 is 2.21 bits per heavy atom. The average Bonchev–Trinajstić information content (AvgIpc) is 2.43. The minimum absolute atomic E-state index is 0.0359. The summed E-state index contributed by atoms with van der Waals surface area (Å²) in [4.78, 5) is 4.48. The zero-order chi connectivity index (χ0) is 10.3. The summed E-state index contributed by atoms with van der Waals surface area (Å²) >= 11 is 3.42. The lowest BCUT2D eigenvalue weighted by molar-refractivity contribution is 0.696. The summed E-state index contributed by atoms with van der Waals surface area (Å²) in [5.74, 6) is 0.915. The van der Waals surface area contributed by atoms with Crippen LogP contribution in [0.15, 0.2) is 22.7 Å². The summed E-state index contributed by atoms with van der Waals surface area (Å²) in [6.45, 7) is 1.94. The summed E-state index contributed by atoms with van der Waals surface area (Å²) in [6.07, 6.45) is 0. The number of fused-ring (bicyclic) bond motifs is 1. The van der Waals surface area contributed by atoms with Gasteiger partial charge in [-0.05, 0) is 25.1 Å². The Morgan fingerprint density at radius 1 is 1.50 bits per heavy atom. The van der Waals surface area contributed by atoms with Crippen LogP contribution in [0.3, 0.4) is 0 Å². The normalized spacial score (nSPS) is 13.4. The highest BCUT2D eigenvalue weighted by atomic mass is 79.9. The molecule has 1 aromatic carbocycles. The number of aryl methyl sites for hydroxylation is 1. The van der Waals surface area contributed by atoms with Gasteiger partial charge < -0.3 is 10.3 Å². The molecular weight excluding hydrogens is 242 g/mol. The standard InChI is InChI=1S/C10H12BrN3/c1-6(12)10-13-8-5-7(11)3-4-9(8)14(10)2/h3-6H,12H2,1-2H3. The molecule has 1 aromatic heterocycles. The zero-order valence-corrected chi connectivity index (χ0v) is 9.75. The smallest absolute Gasteiger partial charge is 0.126 e. The van der Waals surface area contributed by atoms with Crippen molar-refractivity contribution in [2.24, 2.45) is 12.8 Å². The Hall–Kier alpha value is -0.870. The molecule has 0 aliphatic carbocycles. The molecule has 0 fully saturated rings. The number of benzene rings is 1. The van der Waals surface area contributed by atoms with Gasteiger partial charge >= 0.3 is 0 Å². The van der Waals surface area contributed by atoms with Gasteiger partial charge in [0.25, 0.3) is 0 Å². The van der Waals surface area contributed by atoms with Crippen LogP contribution >= 0.6 is 15.9 Å². The molecule has 1 heterocycles. The number of aromatic nitrogens is 2. The molecule has 0 bridgehead atoms. The SMILES string of the molecule is CC(N)c1nc2cc(Br)ccc2n1C. The summed E-state index contributed by atoms with van der Waals surface area (Å²) < 4.78 is 3.08. The van der Waals surface area contributed by atoms with Gasteiger partial charge in [-0.15, -0.1) is 0 Å². The van der Waals surface area contributed by atoms with Crippen LogP contribution in [0.2, 0.25) is 0 Å². The van der Waals surface area contributed by atoms with Crippen LogP contribution in [0.5, 0.6) is 0 Å². The van der Waals surface area contributed by atoms with Gasteiger partial charge in [0, 0.05) is 11.5 Å². The molecule has 2 aromatic rings. The number of hydrogen-bond acceptors (Lipinski definition) is 2. The quantitative estimate of drug-likeness (QED) is 0.848. The molecule has 1 atom stereocenters. The minimum Gasteiger partial charge on any atom is -0.330 e. The van der Waals surface area contributed by atoms with Gasteiger partial charge in [0.1, 0.15) is 5.82 Å². The van der Waals surface area contributed by atoms with Crippen molar-refractivity contribution in [3.05, 3.63) is 28.5 Å². The Balaban J connectivity index is 2.73. The van der Waals surface area contributed by atoms with E-state index in [1.165, 1.54) is 0 Å². The monoisotopic (exact) mass is 253 g/mol. The fourth-order valence-electron chi connectivity index (χ4n) is 1.60. The Morgan fingerprint density at radius 3 is 2.86 bits per heavy atom. The van der Waals surface area contributed by atoms with E-state index >= 15 is 0 Å². The Labute approximate surface area is 91.1 Å². The summed E-state index contributed by atoms with van der Waals surface area (Å²) in [5, 5.41) is 0. The molecule has 0 saturated carbocycles. The van der Waals surface area contributed by atoms with Crippen LogP contribution in [0.4, 0.5) is 0 Å². The van der Waals surface area contributed by atoms with Crippen LogP contribution in [0.1, 0.15) is 18.8 Å². The maximum absolute atomic E-state index is 5.82. The average molecular weight is 254 g/mol. The third-order valence-corrected chi connectivity index (χ3v) is 2.78. The van der Waals surface area contributed by atoms with Crippen molar-refractivity contribution in [3.63, 3.8) is 0 Å². The van der Waals surface area contributed by atoms with E-state index in [0.29, 0.717) is 0 Å². The predicted molar refractivity (Wildman–Crippen MR) is 61.0 cm³/mol. The lowest BCUT2D eigenvalue weighted by atomic mass is 10.3. The largest absolute Gasteiger partial charge is 0.330 e. The van der Waals surface area contributed by atoms with Gasteiger partial charge in [0.2, 0.25) is 0 Å². The van der Waals surface area contributed by atoms with E-state index in [1.807, 2.05) is 36.7 Å². The van der Waals surface area contributed by atoms with Gasteiger partial charge in [0.15, 0.2) is 0 Å². The molecule has 4 heteroatoms. The maximum atomic E-state index is 5.82. The van der Waals surface area contributed by atoms with Crippen molar-refractivity contribution in [1.82, 2.24) is 9.55 Å². The van der Waals surface area contributed by atoms with Crippen molar-refractivity contribution in [2.45, 2.75) is 13.0 Å². The first kappa shape index (κ1) is 9.68. The van der Waals surface area contributed by atoms with Gasteiger partial charge in [-0.25, -0.2) is 4.98 Å². The molecule has 1 unspecified atom stereocenters. The summed E-state index contributed by atoms with van der Waals surface area (Å²) in [7, 11) is 1.99. The highest BCUT2D eigenvalue weighted by molar-refractivity contribution is 9.10. The van der Waals surface area contributed by atoms with E-state index in [-0.39, 0.29) is 6.04 Å². The van der Waals surface area contributed by atoms with E-state index in [4.69, 9.17) is 5.73 Å². The number of hydrogen-bond donors (Lipinski definition) is 1. The van der Waals surface area contributed by atoms with Crippen LogP contribution in [-0.4, -0.2) is 9.55 Å². The van der Waals surface area contributed by atoms with Gasteiger partial charge in [-0.2, -0.15) is 0 Å². The minimum atomic E-state index is -0.0359. The number of rotatable bonds is 1. The summed E-state index contributed by atoms with van der Waals surface area (Å²) in [6, 6.07) is 6.01. The third kappa shape index (κ3) is 1.44. The molecule has 74 valence electrons. The number of imidazole rings is 1. The molecule has 0 aliphatic heterocycles. The number of nitrogens with two attached hydrogens (primary N) is 1. The molecule has 0 radical (unpaired) electrons. The van der Waals surface area contributed by atoms with Crippen molar-refractivity contribution >= 4 is 27.0 Å². The van der Waals surface area contributed by atoms with Gasteiger partial charge in [0.05, 0.1) is 17.1 Å². The lowest BCUT2D eigenvalue weighted by Gasteiger charge is -2.04. The van der Waals surface area contributed by atoms with Crippen LogP contribution in [0, 0.1) is 0 Å². The van der Waals surface area contributed by atoms with E-state index in [2.05, 4.69) is 20.9 Å². The van der Waals surface area contributed by atoms with Gasteiger partial charge in [-0.3, -0.25) is 0 Å².